The van der Waals surface area contributed by atoms with Crippen LogP contribution in [0.2, 0.25) is 0 Å². The molecule has 1 fully saturated rings. The first-order chi connectivity index (χ1) is 20.8. The van der Waals surface area contributed by atoms with Crippen LogP contribution in [0.15, 0.2) is 0 Å². The lowest BCUT2D eigenvalue weighted by Gasteiger charge is -2.39. The van der Waals surface area contributed by atoms with E-state index in [2.05, 4.69) is 24.5 Å². The van der Waals surface area contributed by atoms with Crippen molar-refractivity contribution in [3.05, 3.63) is 0 Å². The van der Waals surface area contributed by atoms with Crippen LogP contribution in [-0.2, 0) is 19.1 Å². The number of hydrogen-bond acceptors (Lipinski definition) is 8. The van der Waals surface area contributed by atoms with Crippen LogP contribution in [0.4, 0.5) is 0 Å². The van der Waals surface area contributed by atoms with Gasteiger partial charge in [-0.3, -0.25) is 9.59 Å². The van der Waals surface area contributed by atoms with Gasteiger partial charge in [0.15, 0.2) is 6.29 Å². The quantitative estimate of drug-likeness (QED) is 0.0748. The molecular formula is C33H64N2O8. The molecule has 2 unspecified atom stereocenters. The minimum absolute atomic E-state index is 0.252. The van der Waals surface area contributed by atoms with E-state index in [1.54, 1.807) is 0 Å². The summed E-state index contributed by atoms with van der Waals surface area (Å²) in [6.45, 7) is 3.96. The Morgan fingerprint density at radius 3 is 1.70 bits per heavy atom. The predicted octanol–water partition coefficient (Wildman–Crippen LogP) is 4.25. The number of hydrogen-bond donors (Lipinski definition) is 6. The molecule has 2 amide bonds. The Morgan fingerprint density at radius 1 is 0.698 bits per heavy atom. The Bertz CT molecular complexity index is 696. The van der Waals surface area contributed by atoms with Gasteiger partial charge in [-0.25, -0.2) is 0 Å². The van der Waals surface area contributed by atoms with Gasteiger partial charge in [-0.15, -0.1) is 0 Å². The third-order valence-corrected chi connectivity index (χ3v) is 8.26. The molecule has 0 aromatic carbocycles. The van der Waals surface area contributed by atoms with Crippen LogP contribution in [0, 0.1) is 0 Å². The van der Waals surface area contributed by atoms with Crippen molar-refractivity contribution in [1.29, 1.82) is 0 Å². The first kappa shape index (κ1) is 39.7. The maximum Gasteiger partial charge on any atom is 0.244 e. The van der Waals surface area contributed by atoms with Crippen LogP contribution in [0.1, 0.15) is 142 Å². The fourth-order valence-corrected chi connectivity index (χ4v) is 5.39. The molecule has 1 rings (SSSR count). The van der Waals surface area contributed by atoms with Crippen LogP contribution in [0.3, 0.4) is 0 Å². The predicted molar refractivity (Wildman–Crippen MR) is 168 cm³/mol. The van der Waals surface area contributed by atoms with Crippen molar-refractivity contribution in [3.63, 3.8) is 0 Å². The van der Waals surface area contributed by atoms with Gasteiger partial charge in [-0.2, -0.15) is 0 Å². The Labute approximate surface area is 260 Å². The van der Waals surface area contributed by atoms with Crippen LogP contribution in [0.5, 0.6) is 0 Å². The Morgan fingerprint density at radius 2 is 1.19 bits per heavy atom. The molecule has 0 saturated carbocycles. The Hall–Kier alpha value is -1.30. The average molecular weight is 617 g/mol. The smallest absolute Gasteiger partial charge is 0.244 e. The number of amides is 2. The van der Waals surface area contributed by atoms with E-state index in [9.17, 15) is 30.0 Å². The third kappa shape index (κ3) is 18.3. The van der Waals surface area contributed by atoms with Gasteiger partial charge >= 0.3 is 0 Å². The van der Waals surface area contributed by atoms with Gasteiger partial charge < -0.3 is 40.5 Å². The summed E-state index contributed by atoms with van der Waals surface area (Å²) in [5.74, 6) is -0.649. The second kappa shape index (κ2) is 26.0. The lowest BCUT2D eigenvalue weighted by molar-refractivity contribution is -0.301. The van der Waals surface area contributed by atoms with Crippen LogP contribution >= 0.6 is 0 Å². The van der Waals surface area contributed by atoms with E-state index in [4.69, 9.17) is 9.47 Å². The van der Waals surface area contributed by atoms with Crippen molar-refractivity contribution in [1.82, 2.24) is 10.6 Å². The molecule has 0 radical (unpaired) electrons. The minimum Gasteiger partial charge on any atom is -0.394 e. The first-order valence-corrected chi connectivity index (χ1v) is 17.3. The van der Waals surface area contributed by atoms with Gasteiger partial charge in [-0.05, 0) is 12.8 Å². The molecular weight excluding hydrogens is 552 g/mol. The van der Waals surface area contributed by atoms with E-state index < -0.39 is 49.3 Å². The standard InChI is InChI=1S/C33H64N2O8/c1-3-5-7-9-10-11-12-13-14-15-16-17-18-19-20-22-28(37)35-26(32(41)34-23-21-8-6-4-2)25-42-33-31(40)30(39)29(38)27(24-36)43-33/h26-27,29-31,33,36,38-40H,3-25H2,1-2H3,(H,34,41)(H,35,37)/t26?,27-,29+,30+,31-,33?/m1/s1. The molecule has 254 valence electrons. The molecule has 0 aromatic rings. The second-order valence-corrected chi connectivity index (χ2v) is 12.2. The highest BCUT2D eigenvalue weighted by Gasteiger charge is 2.44. The molecule has 6 N–H and O–H groups in total. The molecule has 0 spiro atoms. The van der Waals surface area contributed by atoms with E-state index in [1.165, 1.54) is 77.0 Å². The molecule has 10 heteroatoms. The monoisotopic (exact) mass is 616 g/mol. The van der Waals surface area contributed by atoms with E-state index >= 15 is 0 Å². The molecule has 1 aliphatic rings. The zero-order valence-corrected chi connectivity index (χ0v) is 27.1. The van der Waals surface area contributed by atoms with E-state index in [0.717, 1.165) is 44.9 Å². The van der Waals surface area contributed by atoms with Crippen molar-refractivity contribution < 1.29 is 39.5 Å². The largest absolute Gasteiger partial charge is 0.394 e. The summed E-state index contributed by atoms with van der Waals surface area (Å²) in [4.78, 5) is 25.6. The van der Waals surface area contributed by atoms with E-state index in [0.29, 0.717) is 13.0 Å². The number of unbranched alkanes of at least 4 members (excludes halogenated alkanes) is 17. The molecule has 1 aliphatic heterocycles. The normalized spacial score (nSPS) is 22.8. The van der Waals surface area contributed by atoms with Crippen molar-refractivity contribution in [2.24, 2.45) is 0 Å². The number of aliphatic hydroxyl groups excluding tert-OH is 4. The molecule has 6 atom stereocenters. The number of carbonyl (C=O) groups is 2. The van der Waals surface area contributed by atoms with Gasteiger partial charge in [0, 0.05) is 13.0 Å². The summed E-state index contributed by atoms with van der Waals surface area (Å²) in [5, 5.41) is 45.2. The summed E-state index contributed by atoms with van der Waals surface area (Å²) >= 11 is 0. The van der Waals surface area contributed by atoms with Gasteiger partial charge in [0.25, 0.3) is 0 Å². The maximum absolute atomic E-state index is 12.9. The number of aliphatic hydroxyl groups is 4. The van der Waals surface area contributed by atoms with E-state index in [-0.39, 0.29) is 12.5 Å². The highest BCUT2D eigenvalue weighted by atomic mass is 16.7. The van der Waals surface area contributed by atoms with Gasteiger partial charge in [0.05, 0.1) is 13.2 Å². The van der Waals surface area contributed by atoms with E-state index in [1.807, 2.05) is 0 Å². The van der Waals surface area contributed by atoms with Crippen LogP contribution < -0.4 is 10.6 Å². The maximum atomic E-state index is 12.9. The Kier molecular flexibility index (Phi) is 24.0. The van der Waals surface area contributed by atoms with Crippen molar-refractivity contribution in [3.8, 4) is 0 Å². The lowest BCUT2D eigenvalue weighted by Crippen LogP contribution is -2.60. The van der Waals surface area contributed by atoms with Crippen LogP contribution in [0.25, 0.3) is 0 Å². The van der Waals surface area contributed by atoms with Crippen molar-refractivity contribution in [2.45, 2.75) is 179 Å². The summed E-state index contributed by atoms with van der Waals surface area (Å²) < 4.78 is 11.0. The summed E-state index contributed by atoms with van der Waals surface area (Å²) in [6.07, 6.45) is 15.8. The highest BCUT2D eigenvalue weighted by molar-refractivity contribution is 5.87. The number of ether oxygens (including phenoxy) is 2. The van der Waals surface area contributed by atoms with Gasteiger partial charge in [0.1, 0.15) is 30.5 Å². The van der Waals surface area contributed by atoms with Crippen LogP contribution in [-0.4, -0.2) is 88.7 Å². The molecule has 43 heavy (non-hydrogen) atoms. The Balaban J connectivity index is 2.34. The lowest BCUT2D eigenvalue weighted by atomic mass is 9.99. The van der Waals surface area contributed by atoms with Crippen molar-refractivity contribution in [2.75, 3.05) is 19.8 Å². The molecule has 0 aromatic heterocycles. The summed E-state index contributed by atoms with van der Waals surface area (Å²) in [6, 6.07) is -1.01. The minimum atomic E-state index is -1.58. The van der Waals surface area contributed by atoms with Gasteiger partial charge in [0.2, 0.25) is 11.8 Å². The number of nitrogens with one attached hydrogen (secondary N) is 2. The third-order valence-electron chi connectivity index (χ3n) is 8.26. The fourth-order valence-electron chi connectivity index (χ4n) is 5.39. The summed E-state index contributed by atoms with van der Waals surface area (Å²) in [7, 11) is 0. The van der Waals surface area contributed by atoms with Crippen molar-refractivity contribution >= 4 is 11.8 Å². The number of rotatable bonds is 27. The number of carbonyl (C=O) groups excluding carboxylic acids is 2. The molecule has 1 saturated heterocycles. The zero-order valence-electron chi connectivity index (χ0n) is 27.1. The molecule has 0 bridgehead atoms. The molecule has 10 nitrogen and oxygen atoms in total. The average Bonchev–Trinajstić information content (AvgIpc) is 3.00. The molecule has 0 aliphatic carbocycles. The fraction of sp³-hybridized carbons (Fsp3) is 0.939. The molecule has 1 heterocycles. The highest BCUT2D eigenvalue weighted by Crippen LogP contribution is 2.22. The van der Waals surface area contributed by atoms with Gasteiger partial charge in [-0.1, -0.05) is 123 Å². The first-order valence-electron chi connectivity index (χ1n) is 17.3. The second-order valence-electron chi connectivity index (χ2n) is 12.2. The zero-order chi connectivity index (χ0) is 31.7. The SMILES string of the molecule is CCCCCCCCCCCCCCCCCC(=O)NC(COC1O[C@H](CO)[C@H](O)[C@H](O)[C@H]1O)C(=O)NCCCCCC. The summed E-state index contributed by atoms with van der Waals surface area (Å²) in [5.41, 5.74) is 0. The topological polar surface area (TPSA) is 158 Å².